The number of carboxylic acid groups (broad SMARTS) is 1. The van der Waals surface area contributed by atoms with Gasteiger partial charge in [-0.15, -0.1) is 0 Å². The lowest BCUT2D eigenvalue weighted by Gasteiger charge is -2.15. The number of unbranched alkanes of at least 4 members (excludes halogenated alkanes) is 9. The van der Waals surface area contributed by atoms with Crippen molar-refractivity contribution >= 4 is 5.97 Å². The Bertz CT molecular complexity index is 268. The number of hydrogen-bond donors (Lipinski definition) is 1. The molecule has 0 amide bonds. The third kappa shape index (κ3) is 9.89. The fraction of sp³-hybridized carbons (Fsp3) is 0.944. The van der Waals surface area contributed by atoms with E-state index in [1.807, 2.05) is 0 Å². The third-order valence-corrected chi connectivity index (χ3v) is 4.66. The molecule has 0 aromatic carbocycles. The lowest BCUT2D eigenvalue weighted by Crippen LogP contribution is -2.22. The van der Waals surface area contributed by atoms with Crippen LogP contribution in [0.25, 0.3) is 0 Å². The van der Waals surface area contributed by atoms with Crippen LogP contribution < -0.4 is 0 Å². The van der Waals surface area contributed by atoms with Crippen LogP contribution in [0.2, 0.25) is 0 Å². The standard InChI is InChI=1S/C18H35NO2/c1-2-3-4-5-6-7-8-9-10-11-13-19-14-12-17(16-19)15-18(20)21/h17H,2-16H2,1H3,(H,20,21). The highest BCUT2D eigenvalue weighted by Gasteiger charge is 2.23. The van der Waals surface area contributed by atoms with Gasteiger partial charge < -0.3 is 10.0 Å². The Kier molecular flexibility index (Phi) is 10.6. The predicted octanol–water partition coefficient (Wildman–Crippen LogP) is 4.70. The van der Waals surface area contributed by atoms with Crippen molar-refractivity contribution in [3.05, 3.63) is 0 Å². The summed E-state index contributed by atoms with van der Waals surface area (Å²) in [6.07, 6.45) is 15.2. The van der Waals surface area contributed by atoms with Gasteiger partial charge in [-0.1, -0.05) is 64.7 Å². The van der Waals surface area contributed by atoms with E-state index in [1.165, 1.54) is 70.8 Å². The predicted molar refractivity (Wildman–Crippen MR) is 88.6 cm³/mol. The molecule has 124 valence electrons. The summed E-state index contributed by atoms with van der Waals surface area (Å²) < 4.78 is 0. The Morgan fingerprint density at radius 1 is 1.00 bits per heavy atom. The normalized spacial score (nSPS) is 19.2. The van der Waals surface area contributed by atoms with Gasteiger partial charge in [-0.2, -0.15) is 0 Å². The molecule has 1 aliphatic heterocycles. The minimum Gasteiger partial charge on any atom is -0.481 e. The smallest absolute Gasteiger partial charge is 0.303 e. The van der Waals surface area contributed by atoms with E-state index in [4.69, 9.17) is 5.11 Å². The Balaban J connectivity index is 1.83. The summed E-state index contributed by atoms with van der Waals surface area (Å²) in [4.78, 5) is 13.1. The van der Waals surface area contributed by atoms with Crippen molar-refractivity contribution in [2.45, 2.75) is 84.0 Å². The number of likely N-dealkylation sites (tertiary alicyclic amines) is 1. The monoisotopic (exact) mass is 297 g/mol. The topological polar surface area (TPSA) is 40.5 Å². The molecule has 3 nitrogen and oxygen atoms in total. The zero-order chi connectivity index (χ0) is 15.3. The van der Waals surface area contributed by atoms with Gasteiger partial charge in [-0.25, -0.2) is 0 Å². The Labute approximate surface area is 131 Å². The minimum absolute atomic E-state index is 0.356. The molecule has 1 aliphatic rings. The summed E-state index contributed by atoms with van der Waals surface area (Å²) >= 11 is 0. The van der Waals surface area contributed by atoms with Crippen LogP contribution in [0.1, 0.15) is 84.0 Å². The van der Waals surface area contributed by atoms with Crippen LogP contribution in [0.5, 0.6) is 0 Å². The molecular formula is C18H35NO2. The lowest BCUT2D eigenvalue weighted by molar-refractivity contribution is -0.138. The molecule has 21 heavy (non-hydrogen) atoms. The quantitative estimate of drug-likeness (QED) is 0.501. The maximum Gasteiger partial charge on any atom is 0.303 e. The molecule has 1 saturated heterocycles. The van der Waals surface area contributed by atoms with Crippen molar-refractivity contribution in [2.24, 2.45) is 5.92 Å². The van der Waals surface area contributed by atoms with Crippen LogP contribution in [-0.4, -0.2) is 35.6 Å². The van der Waals surface area contributed by atoms with Crippen LogP contribution >= 0.6 is 0 Å². The molecule has 0 aliphatic carbocycles. The van der Waals surface area contributed by atoms with Gasteiger partial charge in [-0.3, -0.25) is 4.79 Å². The van der Waals surface area contributed by atoms with E-state index in [-0.39, 0.29) is 0 Å². The molecule has 0 radical (unpaired) electrons. The molecule has 1 N–H and O–H groups in total. The van der Waals surface area contributed by atoms with Gasteiger partial charge in [0.25, 0.3) is 0 Å². The van der Waals surface area contributed by atoms with Crippen LogP contribution in [-0.2, 0) is 4.79 Å². The number of carboxylic acids is 1. The molecule has 0 bridgehead atoms. The maximum absolute atomic E-state index is 10.7. The Morgan fingerprint density at radius 3 is 2.14 bits per heavy atom. The second-order valence-corrected chi connectivity index (χ2v) is 6.74. The SMILES string of the molecule is CCCCCCCCCCCCN1CCC(CC(=O)O)C1. The maximum atomic E-state index is 10.7. The molecule has 1 atom stereocenters. The molecule has 1 heterocycles. The molecule has 1 fully saturated rings. The van der Waals surface area contributed by atoms with E-state index in [1.54, 1.807) is 0 Å². The average Bonchev–Trinajstić information content (AvgIpc) is 2.87. The van der Waals surface area contributed by atoms with Gasteiger partial charge in [0, 0.05) is 13.0 Å². The van der Waals surface area contributed by atoms with E-state index < -0.39 is 5.97 Å². The number of rotatable bonds is 13. The van der Waals surface area contributed by atoms with E-state index >= 15 is 0 Å². The molecule has 0 spiro atoms. The number of carbonyl (C=O) groups is 1. The van der Waals surface area contributed by atoms with Gasteiger partial charge in [0.15, 0.2) is 0 Å². The summed E-state index contributed by atoms with van der Waals surface area (Å²) in [5, 5.41) is 8.81. The second-order valence-electron chi connectivity index (χ2n) is 6.74. The summed E-state index contributed by atoms with van der Waals surface area (Å²) in [7, 11) is 0. The number of aliphatic carboxylic acids is 1. The Morgan fingerprint density at radius 2 is 1.57 bits per heavy atom. The molecule has 1 rings (SSSR count). The van der Waals surface area contributed by atoms with Crippen LogP contribution in [0.15, 0.2) is 0 Å². The van der Waals surface area contributed by atoms with Gasteiger partial charge in [0.05, 0.1) is 0 Å². The first-order valence-corrected chi connectivity index (χ1v) is 9.16. The fourth-order valence-electron chi connectivity index (χ4n) is 3.35. The fourth-order valence-corrected chi connectivity index (χ4v) is 3.35. The van der Waals surface area contributed by atoms with Crippen LogP contribution in [0, 0.1) is 5.92 Å². The first kappa shape index (κ1) is 18.5. The summed E-state index contributed by atoms with van der Waals surface area (Å²) in [5.74, 6) is -0.244. The van der Waals surface area contributed by atoms with Crippen molar-refractivity contribution in [3.8, 4) is 0 Å². The van der Waals surface area contributed by atoms with E-state index in [0.29, 0.717) is 12.3 Å². The summed E-state index contributed by atoms with van der Waals surface area (Å²) in [6, 6.07) is 0. The highest BCUT2D eigenvalue weighted by molar-refractivity contribution is 5.67. The van der Waals surface area contributed by atoms with Crippen molar-refractivity contribution < 1.29 is 9.90 Å². The zero-order valence-corrected chi connectivity index (χ0v) is 14.0. The molecule has 3 heteroatoms. The highest BCUT2D eigenvalue weighted by atomic mass is 16.4. The van der Waals surface area contributed by atoms with Crippen molar-refractivity contribution in [1.82, 2.24) is 4.90 Å². The third-order valence-electron chi connectivity index (χ3n) is 4.66. The molecule has 1 unspecified atom stereocenters. The van der Waals surface area contributed by atoms with Gasteiger partial charge in [-0.05, 0) is 31.8 Å². The minimum atomic E-state index is -0.638. The largest absolute Gasteiger partial charge is 0.481 e. The highest BCUT2D eigenvalue weighted by Crippen LogP contribution is 2.20. The average molecular weight is 297 g/mol. The van der Waals surface area contributed by atoms with Crippen molar-refractivity contribution in [1.29, 1.82) is 0 Å². The molecule has 0 saturated carbocycles. The first-order valence-electron chi connectivity index (χ1n) is 9.16. The molecule has 0 aromatic rings. The summed E-state index contributed by atoms with van der Waals surface area (Å²) in [5.41, 5.74) is 0. The van der Waals surface area contributed by atoms with Crippen LogP contribution in [0.3, 0.4) is 0 Å². The number of hydrogen-bond acceptors (Lipinski definition) is 2. The lowest BCUT2D eigenvalue weighted by atomic mass is 10.1. The van der Waals surface area contributed by atoms with E-state index in [0.717, 1.165) is 19.5 Å². The molecular weight excluding hydrogens is 262 g/mol. The number of nitrogens with zero attached hydrogens (tertiary/aromatic N) is 1. The van der Waals surface area contributed by atoms with Crippen molar-refractivity contribution in [3.63, 3.8) is 0 Å². The molecule has 0 aromatic heterocycles. The zero-order valence-electron chi connectivity index (χ0n) is 14.0. The second kappa shape index (κ2) is 12.0. The van der Waals surface area contributed by atoms with E-state index in [2.05, 4.69) is 11.8 Å². The van der Waals surface area contributed by atoms with E-state index in [9.17, 15) is 4.79 Å². The Hall–Kier alpha value is -0.570. The van der Waals surface area contributed by atoms with Crippen LogP contribution in [0.4, 0.5) is 0 Å². The van der Waals surface area contributed by atoms with Gasteiger partial charge in [0.1, 0.15) is 0 Å². The van der Waals surface area contributed by atoms with Gasteiger partial charge >= 0.3 is 5.97 Å². The summed E-state index contributed by atoms with van der Waals surface area (Å²) in [6.45, 7) is 5.55. The van der Waals surface area contributed by atoms with Crippen molar-refractivity contribution in [2.75, 3.05) is 19.6 Å². The first-order chi connectivity index (χ1) is 10.2. The van der Waals surface area contributed by atoms with Gasteiger partial charge in [0.2, 0.25) is 0 Å².